The molecule has 1 N–H and O–H groups in total. The number of aromatic nitrogens is 3. The summed E-state index contributed by atoms with van der Waals surface area (Å²) in [5.41, 5.74) is 2.32. The second-order valence-corrected chi connectivity index (χ2v) is 5.18. The van der Waals surface area contributed by atoms with Gasteiger partial charge in [-0.2, -0.15) is 5.10 Å². The monoisotopic (exact) mass is 292 g/mol. The minimum atomic E-state index is 0.710. The van der Waals surface area contributed by atoms with Gasteiger partial charge in [-0.1, -0.05) is 22.0 Å². The minimum Gasteiger partial charge on any atom is -0.310 e. The molecule has 0 amide bonds. The van der Waals surface area contributed by atoms with E-state index in [0.29, 0.717) is 6.04 Å². The van der Waals surface area contributed by atoms with Crippen LogP contribution < -0.4 is 5.32 Å². The number of nitrogens with one attached hydrogen (secondary N) is 1. The summed E-state index contributed by atoms with van der Waals surface area (Å²) in [6.45, 7) is 0.882. The average molecular weight is 293 g/mol. The van der Waals surface area contributed by atoms with Crippen LogP contribution in [0.4, 0.5) is 0 Å². The highest BCUT2D eigenvalue weighted by molar-refractivity contribution is 9.10. The van der Waals surface area contributed by atoms with Crippen molar-refractivity contribution in [2.24, 2.45) is 0 Å². The van der Waals surface area contributed by atoms with Gasteiger partial charge in [0.05, 0.1) is 5.69 Å². The zero-order valence-corrected chi connectivity index (χ0v) is 10.9. The second-order valence-electron chi connectivity index (χ2n) is 4.27. The molecule has 1 saturated carbocycles. The molecular weight excluding hydrogens is 280 g/mol. The minimum absolute atomic E-state index is 0.710. The van der Waals surface area contributed by atoms with Gasteiger partial charge in [0.15, 0.2) is 0 Å². The lowest BCUT2D eigenvalue weighted by Gasteiger charge is -2.10. The van der Waals surface area contributed by atoms with E-state index in [1.807, 2.05) is 0 Å². The standard InChI is InChI=1S/C12H13BrN4/c13-10-2-1-9(6-15-11-3-4-11)12(5-10)17-8-14-7-16-17/h1-2,5,7-8,11,15H,3-4,6H2. The first kappa shape index (κ1) is 10.9. The van der Waals surface area contributed by atoms with Crippen LogP contribution in [0.1, 0.15) is 18.4 Å². The van der Waals surface area contributed by atoms with Gasteiger partial charge in [-0.15, -0.1) is 0 Å². The van der Waals surface area contributed by atoms with E-state index in [9.17, 15) is 0 Å². The van der Waals surface area contributed by atoms with Crippen LogP contribution in [0.15, 0.2) is 35.3 Å². The Balaban J connectivity index is 1.89. The Bertz CT molecular complexity index is 505. The molecule has 0 saturated heterocycles. The van der Waals surface area contributed by atoms with Crippen molar-refractivity contribution in [3.05, 3.63) is 40.9 Å². The first-order chi connectivity index (χ1) is 8.33. The van der Waals surface area contributed by atoms with Crippen LogP contribution in [-0.2, 0) is 6.54 Å². The molecule has 2 aromatic rings. The van der Waals surface area contributed by atoms with E-state index in [-0.39, 0.29) is 0 Å². The van der Waals surface area contributed by atoms with Gasteiger partial charge in [0, 0.05) is 17.1 Å². The van der Waals surface area contributed by atoms with E-state index in [0.717, 1.165) is 16.7 Å². The molecule has 1 aromatic carbocycles. The molecule has 3 rings (SSSR count). The molecule has 1 aliphatic carbocycles. The van der Waals surface area contributed by atoms with Crippen molar-refractivity contribution in [1.29, 1.82) is 0 Å². The number of rotatable bonds is 4. The quantitative estimate of drug-likeness (QED) is 0.940. The highest BCUT2D eigenvalue weighted by atomic mass is 79.9. The Kier molecular flexibility index (Phi) is 2.94. The Morgan fingerprint density at radius 2 is 2.29 bits per heavy atom. The third-order valence-electron chi connectivity index (χ3n) is 2.87. The fraction of sp³-hybridized carbons (Fsp3) is 0.333. The number of halogens is 1. The maximum absolute atomic E-state index is 4.19. The van der Waals surface area contributed by atoms with Crippen LogP contribution in [0.2, 0.25) is 0 Å². The van der Waals surface area contributed by atoms with Crippen molar-refractivity contribution in [1.82, 2.24) is 20.1 Å². The molecule has 1 fully saturated rings. The van der Waals surface area contributed by atoms with E-state index < -0.39 is 0 Å². The fourth-order valence-corrected chi connectivity index (χ4v) is 2.12. The molecule has 1 aromatic heterocycles. The van der Waals surface area contributed by atoms with Gasteiger partial charge in [-0.25, -0.2) is 9.67 Å². The predicted octanol–water partition coefficient (Wildman–Crippen LogP) is 2.28. The van der Waals surface area contributed by atoms with Crippen LogP contribution in [0.3, 0.4) is 0 Å². The van der Waals surface area contributed by atoms with Gasteiger partial charge in [0.1, 0.15) is 12.7 Å². The maximum atomic E-state index is 4.19. The average Bonchev–Trinajstić information content (AvgIpc) is 3.00. The summed E-state index contributed by atoms with van der Waals surface area (Å²) >= 11 is 3.49. The molecule has 17 heavy (non-hydrogen) atoms. The highest BCUT2D eigenvalue weighted by Gasteiger charge is 2.20. The fourth-order valence-electron chi connectivity index (χ4n) is 1.77. The van der Waals surface area contributed by atoms with Gasteiger partial charge in [-0.3, -0.25) is 0 Å². The predicted molar refractivity (Wildman–Crippen MR) is 68.9 cm³/mol. The van der Waals surface area contributed by atoms with E-state index in [2.05, 4.69) is 49.5 Å². The SMILES string of the molecule is Brc1ccc(CNC2CC2)c(-n2cncn2)c1. The molecule has 88 valence electrons. The summed E-state index contributed by atoms with van der Waals surface area (Å²) in [5.74, 6) is 0. The molecule has 5 heteroatoms. The summed E-state index contributed by atoms with van der Waals surface area (Å²) in [4.78, 5) is 3.99. The van der Waals surface area contributed by atoms with Crippen molar-refractivity contribution >= 4 is 15.9 Å². The van der Waals surface area contributed by atoms with Gasteiger partial charge >= 0.3 is 0 Å². The molecule has 1 heterocycles. The second kappa shape index (κ2) is 4.58. The van der Waals surface area contributed by atoms with Crippen molar-refractivity contribution in [2.75, 3.05) is 0 Å². The molecule has 4 nitrogen and oxygen atoms in total. The molecule has 0 radical (unpaired) electrons. The lowest BCUT2D eigenvalue weighted by molar-refractivity contribution is 0.681. The van der Waals surface area contributed by atoms with Gasteiger partial charge < -0.3 is 5.32 Å². The molecular formula is C12H13BrN4. The third kappa shape index (κ3) is 2.56. The molecule has 0 aliphatic heterocycles. The van der Waals surface area contributed by atoms with Gasteiger partial charge in [-0.05, 0) is 30.5 Å². The highest BCUT2D eigenvalue weighted by Crippen LogP contribution is 2.23. The third-order valence-corrected chi connectivity index (χ3v) is 3.36. The zero-order chi connectivity index (χ0) is 11.7. The summed E-state index contributed by atoms with van der Waals surface area (Å²) in [6.07, 6.45) is 5.88. The lowest BCUT2D eigenvalue weighted by atomic mass is 10.2. The maximum Gasteiger partial charge on any atom is 0.138 e. The van der Waals surface area contributed by atoms with Crippen molar-refractivity contribution in [3.8, 4) is 5.69 Å². The molecule has 1 aliphatic rings. The van der Waals surface area contributed by atoms with Gasteiger partial charge in [0.2, 0.25) is 0 Å². The first-order valence-corrected chi connectivity index (χ1v) is 6.49. The Labute approximate surface area is 108 Å². The first-order valence-electron chi connectivity index (χ1n) is 5.70. The number of hydrogen-bond acceptors (Lipinski definition) is 3. The summed E-state index contributed by atoms with van der Waals surface area (Å²) in [6, 6.07) is 6.96. The van der Waals surface area contributed by atoms with E-state index in [1.165, 1.54) is 18.4 Å². The van der Waals surface area contributed by atoms with Crippen molar-refractivity contribution in [2.45, 2.75) is 25.4 Å². The van der Waals surface area contributed by atoms with Gasteiger partial charge in [0.25, 0.3) is 0 Å². The van der Waals surface area contributed by atoms with E-state index in [1.54, 1.807) is 17.3 Å². The zero-order valence-electron chi connectivity index (χ0n) is 9.31. The van der Waals surface area contributed by atoms with Crippen LogP contribution in [0.5, 0.6) is 0 Å². The molecule has 0 spiro atoms. The largest absolute Gasteiger partial charge is 0.310 e. The van der Waals surface area contributed by atoms with Crippen LogP contribution >= 0.6 is 15.9 Å². The Morgan fingerprint density at radius 3 is 3.00 bits per heavy atom. The summed E-state index contributed by atoms with van der Waals surface area (Å²) in [7, 11) is 0. The topological polar surface area (TPSA) is 42.7 Å². The molecule has 0 atom stereocenters. The van der Waals surface area contributed by atoms with Crippen molar-refractivity contribution < 1.29 is 0 Å². The smallest absolute Gasteiger partial charge is 0.138 e. The van der Waals surface area contributed by atoms with Crippen LogP contribution in [0, 0.1) is 0 Å². The number of hydrogen-bond donors (Lipinski definition) is 1. The van der Waals surface area contributed by atoms with Crippen molar-refractivity contribution in [3.63, 3.8) is 0 Å². The lowest BCUT2D eigenvalue weighted by Crippen LogP contribution is -2.17. The summed E-state index contributed by atoms with van der Waals surface area (Å²) in [5, 5.41) is 7.71. The van der Waals surface area contributed by atoms with Crippen LogP contribution in [-0.4, -0.2) is 20.8 Å². The van der Waals surface area contributed by atoms with E-state index in [4.69, 9.17) is 0 Å². The van der Waals surface area contributed by atoms with Crippen LogP contribution in [0.25, 0.3) is 5.69 Å². The number of benzene rings is 1. The Morgan fingerprint density at radius 1 is 1.41 bits per heavy atom. The summed E-state index contributed by atoms with van der Waals surface area (Å²) < 4.78 is 2.85. The number of nitrogens with zero attached hydrogens (tertiary/aromatic N) is 3. The Hall–Kier alpha value is -1.20. The molecule has 0 bridgehead atoms. The molecule has 0 unspecified atom stereocenters. The van der Waals surface area contributed by atoms with E-state index >= 15 is 0 Å². The normalized spacial score (nSPS) is 15.1.